The molecule has 0 aliphatic rings. The van der Waals surface area contributed by atoms with Crippen LogP contribution in [0.5, 0.6) is 0 Å². The maximum Gasteiger partial charge on any atom is 0.0618 e. The Morgan fingerprint density at radius 2 is 0.556 bits per heavy atom. The molecule has 0 radical (unpaired) electrons. The van der Waals surface area contributed by atoms with E-state index in [1.165, 1.54) is 82.7 Å². The van der Waals surface area contributed by atoms with Crippen molar-refractivity contribution in [3.05, 3.63) is 261 Å². The topological polar surface area (TPSA) is 3.24 Å². The Morgan fingerprint density at radius 3 is 1.03 bits per heavy atom. The van der Waals surface area contributed by atoms with Crippen molar-refractivity contribution in [1.82, 2.24) is 0 Å². The van der Waals surface area contributed by atoms with E-state index in [1.807, 2.05) is 0 Å². The average molecular weight is 802 g/mol. The van der Waals surface area contributed by atoms with Crippen molar-refractivity contribution < 1.29 is 0 Å². The number of para-hydroxylation sites is 1. The van der Waals surface area contributed by atoms with Crippen LogP contribution in [-0.2, 0) is 0 Å². The predicted molar refractivity (Wildman–Crippen MR) is 269 cm³/mol. The lowest BCUT2D eigenvalue weighted by Crippen LogP contribution is -2.12. The summed E-state index contributed by atoms with van der Waals surface area (Å²) < 4.78 is 0. The number of hydrogen-bond donors (Lipinski definition) is 0. The fourth-order valence-electron chi connectivity index (χ4n) is 9.31. The van der Waals surface area contributed by atoms with Crippen LogP contribution in [0.1, 0.15) is 0 Å². The van der Waals surface area contributed by atoms with Crippen molar-refractivity contribution in [3.63, 3.8) is 0 Å². The first kappa shape index (κ1) is 37.7. The van der Waals surface area contributed by atoms with Crippen LogP contribution in [0, 0.1) is 0 Å². The lowest BCUT2D eigenvalue weighted by Gasteiger charge is -2.30. The standard InChI is InChI=1S/C62H43N/c1-6-19-44(20-7-1)45-33-38-52(39-34-45)63(62-54(47-21-8-2-9-22-47)31-18-32-55(62)48-23-10-3-11-24-48)53-40-35-46(36-41-53)51-37-42-58-59(43-51)56-29-16-17-30-57(56)60(49-25-12-4-13-26-49)61(58)50-27-14-5-15-28-50/h1-43H. The molecule has 0 aromatic heterocycles. The van der Waals surface area contributed by atoms with E-state index in [0.717, 1.165) is 22.6 Å². The third kappa shape index (κ3) is 7.16. The zero-order chi connectivity index (χ0) is 42.0. The minimum Gasteiger partial charge on any atom is -0.309 e. The Kier molecular flexibility index (Phi) is 9.97. The third-order valence-corrected chi connectivity index (χ3v) is 12.3. The zero-order valence-electron chi connectivity index (χ0n) is 34.8. The number of benzene rings is 11. The van der Waals surface area contributed by atoms with Gasteiger partial charge >= 0.3 is 0 Å². The molecule has 0 saturated carbocycles. The minimum atomic E-state index is 1.08. The molecule has 63 heavy (non-hydrogen) atoms. The van der Waals surface area contributed by atoms with Crippen LogP contribution in [0.4, 0.5) is 17.1 Å². The highest BCUT2D eigenvalue weighted by atomic mass is 15.1. The Balaban J connectivity index is 1.09. The normalized spacial score (nSPS) is 11.2. The quantitative estimate of drug-likeness (QED) is 0.131. The Bertz CT molecular complexity index is 3270. The molecule has 0 aliphatic heterocycles. The molecule has 0 atom stereocenters. The van der Waals surface area contributed by atoms with Crippen LogP contribution in [0.25, 0.3) is 88.3 Å². The average Bonchev–Trinajstić information content (AvgIpc) is 3.37. The van der Waals surface area contributed by atoms with Gasteiger partial charge in [0.2, 0.25) is 0 Å². The molecule has 1 heteroatoms. The summed E-state index contributed by atoms with van der Waals surface area (Å²) in [5.74, 6) is 0. The second-order valence-corrected chi connectivity index (χ2v) is 16.0. The molecule has 11 aromatic carbocycles. The van der Waals surface area contributed by atoms with E-state index < -0.39 is 0 Å². The summed E-state index contributed by atoms with van der Waals surface area (Å²) in [5.41, 5.74) is 17.7. The smallest absolute Gasteiger partial charge is 0.0618 e. The molecule has 0 bridgehead atoms. The van der Waals surface area contributed by atoms with Gasteiger partial charge in [-0.25, -0.2) is 0 Å². The van der Waals surface area contributed by atoms with Crippen LogP contribution in [0.15, 0.2) is 261 Å². The first-order valence-electron chi connectivity index (χ1n) is 21.7. The van der Waals surface area contributed by atoms with E-state index in [1.54, 1.807) is 0 Å². The zero-order valence-corrected chi connectivity index (χ0v) is 34.8. The first-order chi connectivity index (χ1) is 31.3. The molecule has 1 nitrogen and oxygen atoms in total. The molecule has 0 heterocycles. The minimum absolute atomic E-state index is 1.08. The molecule has 296 valence electrons. The second kappa shape index (κ2) is 16.7. The molecule has 0 aliphatic carbocycles. The van der Waals surface area contributed by atoms with Crippen molar-refractivity contribution in [2.24, 2.45) is 0 Å². The lowest BCUT2D eigenvalue weighted by molar-refractivity contribution is 1.28. The van der Waals surface area contributed by atoms with Gasteiger partial charge in [0, 0.05) is 22.5 Å². The van der Waals surface area contributed by atoms with Gasteiger partial charge in [0.25, 0.3) is 0 Å². The SMILES string of the molecule is c1ccc(-c2ccc(N(c3ccc(-c4ccc5c(-c6ccccc6)c(-c6ccccc6)c6ccccc6c5c4)cc3)c3c(-c4ccccc4)cccc3-c3ccccc3)cc2)cc1. The summed E-state index contributed by atoms with van der Waals surface area (Å²) in [4.78, 5) is 2.44. The molecule has 0 saturated heterocycles. The first-order valence-corrected chi connectivity index (χ1v) is 21.7. The van der Waals surface area contributed by atoms with Gasteiger partial charge in [-0.05, 0) is 108 Å². The number of anilines is 3. The van der Waals surface area contributed by atoms with E-state index in [0.29, 0.717) is 0 Å². The molecule has 0 amide bonds. The van der Waals surface area contributed by atoms with Gasteiger partial charge in [-0.1, -0.05) is 231 Å². The highest BCUT2D eigenvalue weighted by Gasteiger charge is 2.23. The molecular weight excluding hydrogens is 759 g/mol. The van der Waals surface area contributed by atoms with Crippen molar-refractivity contribution >= 4 is 38.6 Å². The number of hydrogen-bond acceptors (Lipinski definition) is 1. The third-order valence-electron chi connectivity index (χ3n) is 12.3. The summed E-state index contributed by atoms with van der Waals surface area (Å²) in [6.45, 7) is 0. The second-order valence-electron chi connectivity index (χ2n) is 16.0. The maximum absolute atomic E-state index is 2.44. The van der Waals surface area contributed by atoms with Crippen LogP contribution in [0.2, 0.25) is 0 Å². The van der Waals surface area contributed by atoms with E-state index >= 15 is 0 Å². The summed E-state index contributed by atoms with van der Waals surface area (Å²) in [6, 6.07) is 94.6. The van der Waals surface area contributed by atoms with E-state index in [2.05, 4.69) is 266 Å². The molecule has 0 unspecified atom stereocenters. The molecule has 0 fully saturated rings. The summed E-state index contributed by atoms with van der Waals surface area (Å²) >= 11 is 0. The van der Waals surface area contributed by atoms with Crippen molar-refractivity contribution in [2.75, 3.05) is 4.90 Å². The maximum atomic E-state index is 2.44. The number of nitrogens with zero attached hydrogens (tertiary/aromatic N) is 1. The van der Waals surface area contributed by atoms with Crippen molar-refractivity contribution in [2.45, 2.75) is 0 Å². The molecule has 11 rings (SSSR count). The van der Waals surface area contributed by atoms with E-state index in [-0.39, 0.29) is 0 Å². The molecule has 11 aromatic rings. The fourth-order valence-corrected chi connectivity index (χ4v) is 9.31. The van der Waals surface area contributed by atoms with Gasteiger partial charge in [0.1, 0.15) is 0 Å². The Hall–Kier alpha value is -8.26. The Labute approximate surface area is 369 Å². The lowest BCUT2D eigenvalue weighted by atomic mass is 9.84. The number of rotatable bonds is 9. The van der Waals surface area contributed by atoms with Crippen molar-refractivity contribution in [3.8, 4) is 66.8 Å². The predicted octanol–water partition coefficient (Wildman–Crippen LogP) is 17.5. The highest BCUT2D eigenvalue weighted by molar-refractivity contribution is 6.22. The molecule has 0 spiro atoms. The van der Waals surface area contributed by atoms with E-state index in [9.17, 15) is 0 Å². The summed E-state index contributed by atoms with van der Waals surface area (Å²) in [5, 5.41) is 4.99. The van der Waals surface area contributed by atoms with Gasteiger partial charge < -0.3 is 4.90 Å². The summed E-state index contributed by atoms with van der Waals surface area (Å²) in [7, 11) is 0. The highest BCUT2D eigenvalue weighted by Crippen LogP contribution is 2.48. The molecule has 0 N–H and O–H groups in total. The fraction of sp³-hybridized carbons (Fsp3) is 0. The number of fused-ring (bicyclic) bond motifs is 3. The summed E-state index contributed by atoms with van der Waals surface area (Å²) in [6.07, 6.45) is 0. The van der Waals surface area contributed by atoms with Crippen LogP contribution < -0.4 is 4.90 Å². The van der Waals surface area contributed by atoms with Gasteiger partial charge in [-0.2, -0.15) is 0 Å². The Morgan fingerprint density at radius 1 is 0.206 bits per heavy atom. The van der Waals surface area contributed by atoms with E-state index in [4.69, 9.17) is 0 Å². The molecular formula is C62H43N. The van der Waals surface area contributed by atoms with Gasteiger partial charge in [0.15, 0.2) is 0 Å². The van der Waals surface area contributed by atoms with Gasteiger partial charge in [-0.3, -0.25) is 0 Å². The van der Waals surface area contributed by atoms with Crippen molar-refractivity contribution in [1.29, 1.82) is 0 Å². The largest absolute Gasteiger partial charge is 0.309 e. The van der Waals surface area contributed by atoms with Crippen LogP contribution >= 0.6 is 0 Å². The van der Waals surface area contributed by atoms with Gasteiger partial charge in [-0.15, -0.1) is 0 Å². The van der Waals surface area contributed by atoms with Crippen LogP contribution in [-0.4, -0.2) is 0 Å². The van der Waals surface area contributed by atoms with Crippen LogP contribution in [0.3, 0.4) is 0 Å². The monoisotopic (exact) mass is 801 g/mol. The van der Waals surface area contributed by atoms with Gasteiger partial charge in [0.05, 0.1) is 5.69 Å².